The number of Topliss-reactive ketones (excluding diaryl/α,β-unsaturated/α-hetero) is 1. The molecule has 1 fully saturated rings. The summed E-state index contributed by atoms with van der Waals surface area (Å²) in [6.45, 7) is 3.74. The van der Waals surface area contributed by atoms with Gasteiger partial charge in [0.25, 0.3) is 0 Å². The number of carbonyl (C=O) groups excluding carboxylic acids is 8. The van der Waals surface area contributed by atoms with E-state index in [2.05, 4.69) is 41.9 Å². The lowest BCUT2D eigenvalue weighted by Crippen LogP contribution is -2.61. The molecule has 418 valence electrons. The molecule has 21 heteroatoms. The molecule has 7 rings (SSSR count). The first-order valence-electron chi connectivity index (χ1n) is 26.6. The van der Waals surface area contributed by atoms with E-state index in [-0.39, 0.29) is 50.0 Å². The van der Waals surface area contributed by atoms with Crippen LogP contribution in [0.3, 0.4) is 0 Å². The molecular weight excluding hydrogens is 1040 g/mol. The number of aromatic nitrogens is 2. The molecule has 6 aromatic rings. The fourth-order valence-electron chi connectivity index (χ4n) is 9.53. The van der Waals surface area contributed by atoms with Gasteiger partial charge in [-0.05, 0) is 79.0 Å². The summed E-state index contributed by atoms with van der Waals surface area (Å²) in [4.78, 5) is 121. The van der Waals surface area contributed by atoms with Crippen molar-refractivity contribution in [2.45, 2.75) is 108 Å². The summed E-state index contributed by atoms with van der Waals surface area (Å²) in [5.74, 6) is -7.23. The van der Waals surface area contributed by atoms with E-state index in [1.165, 1.54) is 0 Å². The molecule has 0 radical (unpaired) electrons. The molecule has 0 aliphatic carbocycles. The molecule has 0 saturated carbocycles. The van der Waals surface area contributed by atoms with Crippen molar-refractivity contribution in [3.8, 4) is 0 Å². The number of amides is 7. The molecule has 1 saturated heterocycles. The Bertz CT molecular complexity index is 3060. The van der Waals surface area contributed by atoms with E-state index in [0.717, 1.165) is 60.1 Å². The van der Waals surface area contributed by atoms with Crippen molar-refractivity contribution in [3.05, 3.63) is 144 Å². The normalized spacial score (nSPS) is 21.1. The second kappa shape index (κ2) is 29.0. The second-order valence-electron chi connectivity index (χ2n) is 20.3. The van der Waals surface area contributed by atoms with Crippen molar-refractivity contribution in [1.29, 1.82) is 0 Å². The van der Waals surface area contributed by atoms with Crippen LogP contribution in [0.4, 0.5) is 0 Å². The van der Waals surface area contributed by atoms with E-state index in [0.29, 0.717) is 24.9 Å². The van der Waals surface area contributed by atoms with Gasteiger partial charge in [-0.25, -0.2) is 0 Å². The molecule has 8 atom stereocenters. The van der Waals surface area contributed by atoms with Gasteiger partial charge in [0, 0.05) is 70.9 Å². The van der Waals surface area contributed by atoms with Gasteiger partial charge >= 0.3 is 0 Å². The standard InChI is InChI=1S/C58H71N11O8S2/c1-34(2)51-58(77)68-49(57(76)65-46(52(61)71)27-38-30-62-43-21-11-9-19-40(38)43)33-79-78-32-48(67-54(73)42(60)26-36-17-7-4-8-18-36)50(70)29-37(25-35-15-5-3-6-16-35)53(72)66-47(28-39-31-63-44-22-12-10-20-41(39)44)56(75)64-45(55(74)69-51)23-13-14-24-59/h3-12,15-22,30-31,34,37,42,45-49,51,62-63H,13-14,23-29,32-33,59-60H2,1-2H3,(H2,61,71)(H,64,75)(H,65,76)(H,66,72)(H,67,73)(H,68,77)(H,69,74)/t37-,42-,45+,46-,47-,48+,49+,51+/m1/s1. The van der Waals surface area contributed by atoms with Crippen LogP contribution in [-0.2, 0) is 64.0 Å². The number of hydrogen-bond acceptors (Lipinski definition) is 12. The third-order valence-corrected chi connectivity index (χ3v) is 16.4. The number of H-pyrrole nitrogens is 2. The molecule has 4 aromatic carbocycles. The van der Waals surface area contributed by atoms with E-state index < -0.39 is 101 Å². The Balaban J connectivity index is 1.24. The van der Waals surface area contributed by atoms with Crippen molar-refractivity contribution >= 4 is 90.5 Å². The van der Waals surface area contributed by atoms with E-state index in [1.807, 2.05) is 109 Å². The lowest BCUT2D eigenvalue weighted by atomic mass is 9.90. The number of hydrogen-bond donors (Lipinski definition) is 11. The molecule has 2 aromatic heterocycles. The number of rotatable bonds is 18. The summed E-state index contributed by atoms with van der Waals surface area (Å²) in [5, 5.41) is 18.7. The molecule has 79 heavy (non-hydrogen) atoms. The topological polar surface area (TPSA) is 318 Å². The zero-order valence-corrected chi connectivity index (χ0v) is 46.0. The first-order valence-corrected chi connectivity index (χ1v) is 29.1. The number of nitrogens with two attached hydrogens (primary N) is 3. The fourth-order valence-corrected chi connectivity index (χ4v) is 11.9. The summed E-state index contributed by atoms with van der Waals surface area (Å²) in [7, 11) is 2.24. The summed E-state index contributed by atoms with van der Waals surface area (Å²) < 4.78 is 0. The highest BCUT2D eigenvalue weighted by Crippen LogP contribution is 2.27. The molecular formula is C58H71N11O8S2. The van der Waals surface area contributed by atoms with Crippen LogP contribution in [0.15, 0.2) is 122 Å². The highest BCUT2D eigenvalue weighted by Gasteiger charge is 2.36. The van der Waals surface area contributed by atoms with Crippen LogP contribution in [0.5, 0.6) is 0 Å². The highest BCUT2D eigenvalue weighted by molar-refractivity contribution is 8.76. The van der Waals surface area contributed by atoms with Gasteiger partial charge in [0.15, 0.2) is 5.78 Å². The Kier molecular flexibility index (Phi) is 21.7. The maximum Gasteiger partial charge on any atom is 0.244 e. The number of carbonyl (C=O) groups is 8. The third-order valence-electron chi connectivity index (χ3n) is 14.0. The number of benzene rings is 4. The van der Waals surface area contributed by atoms with Gasteiger partial charge in [-0.15, -0.1) is 0 Å². The summed E-state index contributed by atoms with van der Waals surface area (Å²) in [5.41, 5.74) is 22.8. The lowest BCUT2D eigenvalue weighted by molar-refractivity contribution is -0.136. The molecule has 14 N–H and O–H groups in total. The van der Waals surface area contributed by atoms with Crippen LogP contribution in [0.1, 0.15) is 61.8 Å². The van der Waals surface area contributed by atoms with Crippen molar-refractivity contribution < 1.29 is 38.4 Å². The zero-order chi connectivity index (χ0) is 56.4. The Morgan fingerprint density at radius 2 is 1.23 bits per heavy atom. The van der Waals surface area contributed by atoms with Gasteiger partial charge in [-0.2, -0.15) is 0 Å². The predicted molar refractivity (Wildman–Crippen MR) is 309 cm³/mol. The van der Waals surface area contributed by atoms with Crippen LogP contribution in [-0.4, -0.2) is 117 Å². The van der Waals surface area contributed by atoms with Gasteiger partial charge in [0.2, 0.25) is 41.4 Å². The van der Waals surface area contributed by atoms with Crippen molar-refractivity contribution in [1.82, 2.24) is 41.9 Å². The first-order chi connectivity index (χ1) is 38.1. The number of nitrogens with one attached hydrogen (secondary N) is 8. The molecule has 3 heterocycles. The zero-order valence-electron chi connectivity index (χ0n) is 44.3. The summed E-state index contributed by atoms with van der Waals surface area (Å²) in [6.07, 6.45) is 4.41. The number of aromatic amines is 2. The highest BCUT2D eigenvalue weighted by atomic mass is 33.1. The van der Waals surface area contributed by atoms with Gasteiger partial charge < -0.3 is 59.1 Å². The Labute approximate surface area is 467 Å². The van der Waals surface area contributed by atoms with E-state index >= 15 is 0 Å². The molecule has 0 bridgehead atoms. The number of ketones is 1. The molecule has 1 aliphatic heterocycles. The van der Waals surface area contributed by atoms with Crippen LogP contribution >= 0.6 is 21.6 Å². The van der Waals surface area contributed by atoms with Crippen LogP contribution in [0, 0.1) is 11.8 Å². The van der Waals surface area contributed by atoms with E-state index in [1.54, 1.807) is 26.2 Å². The van der Waals surface area contributed by atoms with Crippen LogP contribution in [0.25, 0.3) is 21.8 Å². The Hall–Kier alpha value is -7.46. The Morgan fingerprint density at radius 1 is 0.646 bits per heavy atom. The SMILES string of the molecule is CC(C)[C@@H]1NC(=O)[C@H](CCCCN)NC(=O)[C@@H](Cc2c[nH]c3ccccc23)NC(=O)[C@H](Cc2ccccc2)CC(=O)[C@@H](NC(=O)[C@H](N)Cc2ccccc2)CSSC[C@@H](C(=O)N[C@H](Cc2c[nH]c3ccccc23)C(N)=O)NC1=O. The first kappa shape index (κ1) is 59.2. The molecule has 1 aliphatic rings. The van der Waals surface area contributed by atoms with E-state index in [4.69, 9.17) is 17.2 Å². The average molecular weight is 1110 g/mol. The number of fused-ring (bicyclic) bond motifs is 2. The van der Waals surface area contributed by atoms with Gasteiger partial charge in [0.1, 0.15) is 30.2 Å². The number of unbranched alkanes of at least 4 members (excludes halogenated alkanes) is 1. The minimum Gasteiger partial charge on any atom is -0.368 e. The monoisotopic (exact) mass is 1110 g/mol. The van der Waals surface area contributed by atoms with Gasteiger partial charge in [-0.1, -0.05) is 132 Å². The minimum absolute atomic E-state index is 0.0184. The largest absolute Gasteiger partial charge is 0.368 e. The molecule has 0 spiro atoms. The van der Waals surface area contributed by atoms with Crippen molar-refractivity contribution in [2.75, 3.05) is 18.1 Å². The van der Waals surface area contributed by atoms with Crippen molar-refractivity contribution in [2.24, 2.45) is 29.0 Å². The smallest absolute Gasteiger partial charge is 0.244 e. The maximum atomic E-state index is 14.9. The molecule has 7 amide bonds. The maximum absolute atomic E-state index is 14.9. The predicted octanol–water partition coefficient (Wildman–Crippen LogP) is 3.40. The summed E-state index contributed by atoms with van der Waals surface area (Å²) in [6, 6.07) is 24.7. The van der Waals surface area contributed by atoms with Gasteiger partial charge in [0.05, 0.1) is 12.1 Å². The third kappa shape index (κ3) is 16.8. The van der Waals surface area contributed by atoms with E-state index in [9.17, 15) is 38.4 Å². The molecule has 19 nitrogen and oxygen atoms in total. The Morgan fingerprint density at radius 3 is 1.87 bits per heavy atom. The van der Waals surface area contributed by atoms with Crippen molar-refractivity contribution in [3.63, 3.8) is 0 Å². The number of primary amides is 1. The number of para-hydroxylation sites is 2. The van der Waals surface area contributed by atoms with Gasteiger partial charge in [-0.3, -0.25) is 38.4 Å². The summed E-state index contributed by atoms with van der Waals surface area (Å²) >= 11 is 0. The average Bonchev–Trinajstić information content (AvgIpc) is 4.11. The fraction of sp³-hybridized carbons (Fsp3) is 0.379. The molecule has 0 unspecified atom stereocenters. The quantitative estimate of drug-likeness (QED) is 0.0436. The lowest BCUT2D eigenvalue weighted by Gasteiger charge is -2.29. The minimum atomic E-state index is -1.34. The second-order valence-corrected chi connectivity index (χ2v) is 22.8. The van der Waals surface area contributed by atoms with Crippen LogP contribution in [0.2, 0.25) is 0 Å². The van der Waals surface area contributed by atoms with Crippen LogP contribution < -0.4 is 49.1 Å².